The SMILES string of the molecule is CC(=O)Nc1nc(CN2C(C)CCCC2CO)cs1. The number of thiazole rings is 1. The van der Waals surface area contributed by atoms with E-state index in [0.717, 1.165) is 18.7 Å². The molecule has 1 saturated heterocycles. The maximum atomic E-state index is 11.0. The molecule has 1 aliphatic rings. The minimum Gasteiger partial charge on any atom is -0.395 e. The quantitative estimate of drug-likeness (QED) is 0.885. The number of aliphatic hydroxyl groups is 1. The van der Waals surface area contributed by atoms with Crippen molar-refractivity contribution in [3.05, 3.63) is 11.1 Å². The van der Waals surface area contributed by atoms with Crippen molar-refractivity contribution in [2.24, 2.45) is 0 Å². The number of nitrogens with zero attached hydrogens (tertiary/aromatic N) is 2. The van der Waals surface area contributed by atoms with Gasteiger partial charge >= 0.3 is 0 Å². The number of aromatic nitrogens is 1. The van der Waals surface area contributed by atoms with E-state index < -0.39 is 0 Å². The second-order valence-corrected chi connectivity index (χ2v) is 5.97. The highest BCUT2D eigenvalue weighted by Gasteiger charge is 2.27. The molecule has 1 aliphatic heterocycles. The second kappa shape index (κ2) is 6.45. The molecule has 2 heterocycles. The Bertz CT molecular complexity index is 435. The molecule has 2 unspecified atom stereocenters. The largest absolute Gasteiger partial charge is 0.395 e. The number of nitrogens with one attached hydrogen (secondary N) is 1. The van der Waals surface area contributed by atoms with Gasteiger partial charge in [-0.25, -0.2) is 4.98 Å². The molecular formula is C13H21N3O2S. The molecule has 2 rings (SSSR count). The van der Waals surface area contributed by atoms with Crippen molar-refractivity contribution in [3.63, 3.8) is 0 Å². The third kappa shape index (κ3) is 3.75. The summed E-state index contributed by atoms with van der Waals surface area (Å²) in [5.74, 6) is -0.0968. The molecule has 106 valence electrons. The van der Waals surface area contributed by atoms with Gasteiger partial charge in [-0.15, -0.1) is 11.3 Å². The number of likely N-dealkylation sites (tertiary alicyclic amines) is 1. The van der Waals surface area contributed by atoms with E-state index in [1.807, 2.05) is 5.38 Å². The standard InChI is InChI=1S/C13H21N3O2S/c1-9-4-3-5-12(7-17)16(9)6-11-8-19-13(15-11)14-10(2)18/h8-9,12,17H,3-7H2,1-2H3,(H,14,15,18). The molecule has 0 bridgehead atoms. The lowest BCUT2D eigenvalue weighted by Crippen LogP contribution is -2.46. The van der Waals surface area contributed by atoms with Gasteiger partial charge in [-0.1, -0.05) is 6.42 Å². The van der Waals surface area contributed by atoms with E-state index in [2.05, 4.69) is 22.1 Å². The van der Waals surface area contributed by atoms with Crippen LogP contribution in [0.15, 0.2) is 5.38 Å². The molecule has 1 amide bonds. The Morgan fingerprint density at radius 2 is 2.42 bits per heavy atom. The predicted molar refractivity (Wildman–Crippen MR) is 76.1 cm³/mol. The molecule has 1 aromatic heterocycles. The number of carbonyl (C=O) groups excluding carboxylic acids is 1. The van der Waals surface area contributed by atoms with Crippen LogP contribution in [0.2, 0.25) is 0 Å². The fourth-order valence-corrected chi connectivity index (χ4v) is 3.34. The molecule has 5 nitrogen and oxygen atoms in total. The Hall–Kier alpha value is -0.980. The number of aliphatic hydroxyl groups excluding tert-OH is 1. The summed E-state index contributed by atoms with van der Waals surface area (Å²) in [6.45, 7) is 4.62. The number of piperidine rings is 1. The zero-order valence-corrected chi connectivity index (χ0v) is 12.2. The fourth-order valence-electron chi connectivity index (χ4n) is 2.60. The highest BCUT2D eigenvalue weighted by Crippen LogP contribution is 2.25. The Labute approximate surface area is 117 Å². The zero-order chi connectivity index (χ0) is 13.8. The van der Waals surface area contributed by atoms with Crippen molar-refractivity contribution in [2.45, 2.75) is 51.7 Å². The van der Waals surface area contributed by atoms with Crippen LogP contribution in [-0.2, 0) is 11.3 Å². The third-order valence-electron chi connectivity index (χ3n) is 3.58. The Balaban J connectivity index is 2.02. The minimum atomic E-state index is -0.0968. The molecule has 0 saturated carbocycles. The maximum Gasteiger partial charge on any atom is 0.223 e. The van der Waals surface area contributed by atoms with E-state index >= 15 is 0 Å². The molecule has 2 N–H and O–H groups in total. The number of amides is 1. The first-order valence-electron chi connectivity index (χ1n) is 6.68. The number of hydrogen-bond donors (Lipinski definition) is 2. The molecule has 0 aromatic carbocycles. The van der Waals surface area contributed by atoms with Crippen molar-refractivity contribution in [1.82, 2.24) is 9.88 Å². The lowest BCUT2D eigenvalue weighted by molar-refractivity contribution is -0.114. The lowest BCUT2D eigenvalue weighted by atomic mass is 9.97. The van der Waals surface area contributed by atoms with Crippen molar-refractivity contribution in [1.29, 1.82) is 0 Å². The molecule has 0 spiro atoms. The van der Waals surface area contributed by atoms with Gasteiger partial charge in [-0.05, 0) is 19.8 Å². The average molecular weight is 283 g/mol. The van der Waals surface area contributed by atoms with Crippen LogP contribution in [-0.4, -0.2) is 39.6 Å². The number of anilines is 1. The Kier molecular flexibility index (Phi) is 4.90. The van der Waals surface area contributed by atoms with Crippen molar-refractivity contribution >= 4 is 22.4 Å². The normalized spacial score (nSPS) is 24.4. The maximum absolute atomic E-state index is 11.0. The van der Waals surface area contributed by atoms with E-state index in [9.17, 15) is 9.90 Å². The van der Waals surface area contributed by atoms with E-state index in [0.29, 0.717) is 11.2 Å². The summed E-state index contributed by atoms with van der Waals surface area (Å²) in [4.78, 5) is 17.7. The summed E-state index contributed by atoms with van der Waals surface area (Å²) in [6, 6.07) is 0.700. The topological polar surface area (TPSA) is 65.5 Å². The molecule has 6 heteroatoms. The summed E-state index contributed by atoms with van der Waals surface area (Å²) in [6.07, 6.45) is 3.39. The van der Waals surface area contributed by atoms with E-state index in [4.69, 9.17) is 0 Å². The predicted octanol–water partition coefficient (Wildman–Crippen LogP) is 1.84. The second-order valence-electron chi connectivity index (χ2n) is 5.11. The Morgan fingerprint density at radius 1 is 1.63 bits per heavy atom. The average Bonchev–Trinajstić information content (AvgIpc) is 2.78. The molecule has 2 atom stereocenters. The number of rotatable bonds is 4. The molecule has 19 heavy (non-hydrogen) atoms. The summed E-state index contributed by atoms with van der Waals surface area (Å²) in [7, 11) is 0. The highest BCUT2D eigenvalue weighted by atomic mass is 32.1. The van der Waals surface area contributed by atoms with Gasteiger partial charge in [0, 0.05) is 30.9 Å². The minimum absolute atomic E-state index is 0.0968. The smallest absolute Gasteiger partial charge is 0.223 e. The Morgan fingerprint density at radius 3 is 3.11 bits per heavy atom. The molecule has 0 aliphatic carbocycles. The van der Waals surface area contributed by atoms with Crippen LogP contribution in [0, 0.1) is 0 Å². The number of hydrogen-bond acceptors (Lipinski definition) is 5. The van der Waals surface area contributed by atoms with Crippen LogP contribution in [0.3, 0.4) is 0 Å². The summed E-state index contributed by atoms with van der Waals surface area (Å²) in [5, 5.41) is 14.8. The van der Waals surface area contributed by atoms with Gasteiger partial charge in [0.1, 0.15) is 0 Å². The summed E-state index contributed by atoms with van der Waals surface area (Å²) >= 11 is 1.44. The zero-order valence-electron chi connectivity index (χ0n) is 11.4. The monoisotopic (exact) mass is 283 g/mol. The van der Waals surface area contributed by atoms with Crippen LogP contribution >= 0.6 is 11.3 Å². The molecule has 0 radical (unpaired) electrons. The van der Waals surface area contributed by atoms with Crippen LogP contribution in [0.4, 0.5) is 5.13 Å². The van der Waals surface area contributed by atoms with Gasteiger partial charge in [-0.3, -0.25) is 9.69 Å². The van der Waals surface area contributed by atoms with Crippen LogP contribution in [0.25, 0.3) is 0 Å². The number of carbonyl (C=O) groups is 1. The third-order valence-corrected chi connectivity index (χ3v) is 4.39. The van der Waals surface area contributed by atoms with Crippen LogP contribution in [0.5, 0.6) is 0 Å². The van der Waals surface area contributed by atoms with Gasteiger partial charge in [0.05, 0.1) is 12.3 Å². The molecule has 1 aromatic rings. The van der Waals surface area contributed by atoms with Crippen molar-refractivity contribution in [2.75, 3.05) is 11.9 Å². The van der Waals surface area contributed by atoms with Crippen LogP contribution < -0.4 is 5.32 Å². The van der Waals surface area contributed by atoms with E-state index in [1.165, 1.54) is 31.1 Å². The van der Waals surface area contributed by atoms with Crippen LogP contribution in [0.1, 0.15) is 38.8 Å². The summed E-state index contributed by atoms with van der Waals surface area (Å²) < 4.78 is 0. The van der Waals surface area contributed by atoms with Gasteiger partial charge < -0.3 is 10.4 Å². The van der Waals surface area contributed by atoms with Gasteiger partial charge in [-0.2, -0.15) is 0 Å². The molecular weight excluding hydrogens is 262 g/mol. The first kappa shape index (κ1) is 14.4. The highest BCUT2D eigenvalue weighted by molar-refractivity contribution is 7.13. The lowest BCUT2D eigenvalue weighted by Gasteiger charge is -2.39. The van der Waals surface area contributed by atoms with Crippen molar-refractivity contribution < 1.29 is 9.90 Å². The first-order valence-corrected chi connectivity index (χ1v) is 7.56. The van der Waals surface area contributed by atoms with Gasteiger partial charge in [0.15, 0.2) is 5.13 Å². The van der Waals surface area contributed by atoms with Gasteiger partial charge in [0.2, 0.25) is 5.91 Å². The van der Waals surface area contributed by atoms with E-state index in [1.54, 1.807) is 0 Å². The van der Waals surface area contributed by atoms with Crippen molar-refractivity contribution in [3.8, 4) is 0 Å². The first-order chi connectivity index (χ1) is 9.10. The molecule has 1 fully saturated rings. The fraction of sp³-hybridized carbons (Fsp3) is 0.692. The van der Waals surface area contributed by atoms with E-state index in [-0.39, 0.29) is 18.6 Å². The summed E-state index contributed by atoms with van der Waals surface area (Å²) in [5.41, 5.74) is 0.959. The van der Waals surface area contributed by atoms with Gasteiger partial charge in [0.25, 0.3) is 0 Å².